The minimum Gasteiger partial charge on any atom is -0.508 e. The van der Waals surface area contributed by atoms with Gasteiger partial charge in [-0.25, -0.2) is 0 Å². The standard InChI is InChI=1S/C18H20N2O/c1-13-6-5-8-16-15(10-19-18(13)16)12-20(2)11-14-7-3-4-9-17(14)21/h3-10,19,21H,11-12H2,1-2H3. The van der Waals surface area contributed by atoms with Crippen LogP contribution < -0.4 is 0 Å². The molecule has 2 aromatic carbocycles. The summed E-state index contributed by atoms with van der Waals surface area (Å²) in [6.07, 6.45) is 2.08. The average molecular weight is 280 g/mol. The van der Waals surface area contributed by atoms with E-state index in [1.54, 1.807) is 6.07 Å². The lowest BCUT2D eigenvalue weighted by Gasteiger charge is -2.17. The van der Waals surface area contributed by atoms with E-state index in [4.69, 9.17) is 0 Å². The van der Waals surface area contributed by atoms with Crippen molar-refractivity contribution >= 4 is 10.9 Å². The Labute approximate surface area is 124 Å². The Balaban J connectivity index is 1.79. The van der Waals surface area contributed by atoms with Crippen molar-refractivity contribution in [2.24, 2.45) is 0 Å². The molecule has 0 aliphatic carbocycles. The zero-order chi connectivity index (χ0) is 14.8. The summed E-state index contributed by atoms with van der Waals surface area (Å²) in [6, 6.07) is 13.9. The Hall–Kier alpha value is -2.26. The number of fused-ring (bicyclic) bond motifs is 1. The number of nitrogens with zero attached hydrogens (tertiary/aromatic N) is 1. The van der Waals surface area contributed by atoms with Gasteiger partial charge < -0.3 is 10.1 Å². The molecule has 0 radical (unpaired) electrons. The summed E-state index contributed by atoms with van der Waals surface area (Å²) < 4.78 is 0. The molecular weight excluding hydrogens is 260 g/mol. The third-order valence-electron chi connectivity index (χ3n) is 3.88. The van der Waals surface area contributed by atoms with Crippen molar-refractivity contribution in [1.29, 1.82) is 0 Å². The maximum absolute atomic E-state index is 9.86. The average Bonchev–Trinajstić information content (AvgIpc) is 2.86. The maximum atomic E-state index is 9.86. The van der Waals surface area contributed by atoms with Gasteiger partial charge >= 0.3 is 0 Å². The van der Waals surface area contributed by atoms with Crippen molar-refractivity contribution in [3.05, 3.63) is 65.4 Å². The van der Waals surface area contributed by atoms with Crippen molar-refractivity contribution in [2.75, 3.05) is 7.05 Å². The van der Waals surface area contributed by atoms with Crippen LogP contribution in [-0.4, -0.2) is 22.0 Å². The number of aromatic hydroxyl groups is 1. The van der Waals surface area contributed by atoms with Gasteiger partial charge in [-0.1, -0.05) is 36.4 Å². The first kappa shape index (κ1) is 13.7. The van der Waals surface area contributed by atoms with Crippen LogP contribution in [0.4, 0.5) is 0 Å². The number of para-hydroxylation sites is 2. The summed E-state index contributed by atoms with van der Waals surface area (Å²) in [5.41, 5.74) is 4.72. The molecule has 0 atom stereocenters. The van der Waals surface area contributed by atoms with Crippen LogP contribution in [0, 0.1) is 6.92 Å². The van der Waals surface area contributed by atoms with Gasteiger partial charge in [0.1, 0.15) is 5.75 Å². The van der Waals surface area contributed by atoms with Crippen molar-refractivity contribution in [2.45, 2.75) is 20.0 Å². The van der Waals surface area contributed by atoms with Crippen LogP contribution in [0.5, 0.6) is 5.75 Å². The van der Waals surface area contributed by atoms with Crippen LogP contribution in [0.1, 0.15) is 16.7 Å². The molecule has 0 aliphatic heterocycles. The van der Waals surface area contributed by atoms with E-state index < -0.39 is 0 Å². The van der Waals surface area contributed by atoms with E-state index in [1.165, 1.54) is 22.0 Å². The van der Waals surface area contributed by atoms with Gasteiger partial charge in [0.2, 0.25) is 0 Å². The lowest BCUT2D eigenvalue weighted by atomic mass is 10.1. The molecule has 0 amide bonds. The second kappa shape index (κ2) is 5.62. The lowest BCUT2D eigenvalue weighted by Crippen LogP contribution is -2.17. The summed E-state index contributed by atoms with van der Waals surface area (Å²) in [5, 5.41) is 11.1. The molecule has 0 saturated heterocycles. The number of hydrogen-bond acceptors (Lipinski definition) is 2. The Morgan fingerprint density at radius 1 is 1.00 bits per heavy atom. The highest BCUT2D eigenvalue weighted by atomic mass is 16.3. The molecule has 2 N–H and O–H groups in total. The van der Waals surface area contributed by atoms with E-state index in [0.717, 1.165) is 18.7 Å². The summed E-state index contributed by atoms with van der Waals surface area (Å²) in [5.74, 6) is 0.360. The van der Waals surface area contributed by atoms with Gasteiger partial charge in [-0.05, 0) is 31.2 Å². The third kappa shape index (κ3) is 2.78. The van der Waals surface area contributed by atoms with Gasteiger partial charge in [-0.3, -0.25) is 4.90 Å². The quantitative estimate of drug-likeness (QED) is 0.762. The zero-order valence-corrected chi connectivity index (χ0v) is 12.4. The first-order valence-electron chi connectivity index (χ1n) is 7.16. The van der Waals surface area contributed by atoms with Crippen LogP contribution in [0.25, 0.3) is 10.9 Å². The predicted molar refractivity (Wildman–Crippen MR) is 86.3 cm³/mol. The number of H-pyrrole nitrogens is 1. The molecule has 21 heavy (non-hydrogen) atoms. The number of aromatic nitrogens is 1. The molecule has 3 aromatic rings. The van der Waals surface area contributed by atoms with Crippen LogP contribution in [0.15, 0.2) is 48.7 Å². The molecule has 0 saturated carbocycles. The number of aromatic amines is 1. The van der Waals surface area contributed by atoms with Crippen molar-refractivity contribution < 1.29 is 5.11 Å². The van der Waals surface area contributed by atoms with Crippen LogP contribution in [0.2, 0.25) is 0 Å². The Kier molecular flexibility index (Phi) is 3.67. The molecule has 0 unspecified atom stereocenters. The predicted octanol–water partition coefficient (Wildman–Crippen LogP) is 3.81. The van der Waals surface area contributed by atoms with Gasteiger partial charge in [0, 0.05) is 35.8 Å². The highest BCUT2D eigenvalue weighted by Gasteiger charge is 2.09. The Morgan fingerprint density at radius 3 is 2.57 bits per heavy atom. The van der Waals surface area contributed by atoms with E-state index in [-0.39, 0.29) is 0 Å². The SMILES string of the molecule is Cc1cccc2c(CN(C)Cc3ccccc3O)c[nH]c12. The molecule has 0 bridgehead atoms. The number of rotatable bonds is 4. The summed E-state index contributed by atoms with van der Waals surface area (Å²) in [7, 11) is 2.07. The monoisotopic (exact) mass is 280 g/mol. The van der Waals surface area contributed by atoms with Gasteiger partial charge in [0.15, 0.2) is 0 Å². The molecule has 1 heterocycles. The number of hydrogen-bond donors (Lipinski definition) is 2. The Bertz CT molecular complexity index is 761. The van der Waals surface area contributed by atoms with E-state index in [0.29, 0.717) is 5.75 Å². The second-order valence-electron chi connectivity index (χ2n) is 5.61. The van der Waals surface area contributed by atoms with E-state index in [1.807, 2.05) is 18.2 Å². The summed E-state index contributed by atoms with van der Waals surface area (Å²) in [6.45, 7) is 3.69. The maximum Gasteiger partial charge on any atom is 0.120 e. The highest BCUT2D eigenvalue weighted by molar-refractivity contribution is 5.85. The number of phenolic OH excluding ortho intramolecular Hbond substituents is 1. The zero-order valence-electron chi connectivity index (χ0n) is 12.4. The minimum absolute atomic E-state index is 0.360. The fourth-order valence-corrected chi connectivity index (χ4v) is 2.78. The number of aryl methyl sites for hydroxylation is 1. The van der Waals surface area contributed by atoms with Gasteiger partial charge in [0.05, 0.1) is 0 Å². The molecule has 3 rings (SSSR count). The number of nitrogens with one attached hydrogen (secondary N) is 1. The molecule has 0 fully saturated rings. The van der Waals surface area contributed by atoms with E-state index in [2.05, 4.69) is 48.3 Å². The fraction of sp³-hybridized carbons (Fsp3) is 0.222. The second-order valence-corrected chi connectivity index (χ2v) is 5.61. The lowest BCUT2D eigenvalue weighted by molar-refractivity contribution is 0.313. The molecule has 3 heteroatoms. The highest BCUT2D eigenvalue weighted by Crippen LogP contribution is 2.23. The molecular formula is C18H20N2O. The van der Waals surface area contributed by atoms with E-state index in [9.17, 15) is 5.11 Å². The largest absolute Gasteiger partial charge is 0.508 e. The fourth-order valence-electron chi connectivity index (χ4n) is 2.78. The number of phenols is 1. The topological polar surface area (TPSA) is 39.3 Å². The van der Waals surface area contributed by atoms with Crippen molar-refractivity contribution in [3.63, 3.8) is 0 Å². The molecule has 0 spiro atoms. The molecule has 0 aliphatic rings. The summed E-state index contributed by atoms with van der Waals surface area (Å²) in [4.78, 5) is 5.57. The third-order valence-corrected chi connectivity index (χ3v) is 3.88. The van der Waals surface area contributed by atoms with E-state index >= 15 is 0 Å². The molecule has 1 aromatic heterocycles. The normalized spacial score (nSPS) is 11.4. The molecule has 108 valence electrons. The first-order valence-corrected chi connectivity index (χ1v) is 7.16. The summed E-state index contributed by atoms with van der Waals surface area (Å²) >= 11 is 0. The first-order chi connectivity index (χ1) is 10.1. The Morgan fingerprint density at radius 2 is 1.76 bits per heavy atom. The van der Waals surface area contributed by atoms with Gasteiger partial charge in [-0.15, -0.1) is 0 Å². The minimum atomic E-state index is 0.360. The molecule has 3 nitrogen and oxygen atoms in total. The van der Waals surface area contributed by atoms with Crippen LogP contribution in [-0.2, 0) is 13.1 Å². The number of benzene rings is 2. The van der Waals surface area contributed by atoms with Crippen molar-refractivity contribution in [1.82, 2.24) is 9.88 Å². The van der Waals surface area contributed by atoms with Crippen LogP contribution >= 0.6 is 0 Å². The van der Waals surface area contributed by atoms with Gasteiger partial charge in [0.25, 0.3) is 0 Å². The smallest absolute Gasteiger partial charge is 0.120 e. The van der Waals surface area contributed by atoms with Gasteiger partial charge in [-0.2, -0.15) is 0 Å². The van der Waals surface area contributed by atoms with Crippen LogP contribution in [0.3, 0.4) is 0 Å². The van der Waals surface area contributed by atoms with Crippen molar-refractivity contribution in [3.8, 4) is 5.75 Å².